The van der Waals surface area contributed by atoms with Crippen molar-refractivity contribution in [2.45, 2.75) is 19.9 Å². The van der Waals surface area contributed by atoms with Crippen molar-refractivity contribution in [1.29, 1.82) is 0 Å². The monoisotopic (exact) mass is 483 g/mol. The van der Waals surface area contributed by atoms with Crippen LogP contribution in [0.25, 0.3) is 22.3 Å². The molecule has 1 unspecified atom stereocenters. The van der Waals surface area contributed by atoms with E-state index in [-0.39, 0.29) is 6.04 Å². The van der Waals surface area contributed by atoms with Crippen LogP contribution in [0.4, 0.5) is 11.6 Å². The number of anilines is 2. The van der Waals surface area contributed by atoms with Gasteiger partial charge in [-0.05, 0) is 66.8 Å². The number of nitrogens with zero attached hydrogens (tertiary/aromatic N) is 3. The lowest BCUT2D eigenvalue weighted by atomic mass is 10.0. The summed E-state index contributed by atoms with van der Waals surface area (Å²) in [4.78, 5) is 16.7. The van der Waals surface area contributed by atoms with Crippen LogP contribution in [0.5, 0.6) is 0 Å². The molecule has 0 aliphatic rings. The number of nitrogens with two attached hydrogens (primary N) is 1. The Bertz CT molecular complexity index is 1150. The van der Waals surface area contributed by atoms with Gasteiger partial charge in [0, 0.05) is 20.7 Å². The lowest BCUT2D eigenvalue weighted by Crippen LogP contribution is -2.20. The third-order valence-electron chi connectivity index (χ3n) is 4.72. The number of hydrogen-bond acceptors (Lipinski definition) is 5. The van der Waals surface area contributed by atoms with Crippen LogP contribution < -0.4 is 16.0 Å². The highest BCUT2D eigenvalue weighted by Gasteiger charge is 2.20. The number of aromatic nitrogens is 4. The number of halogens is 1. The minimum atomic E-state index is -0.0232. The number of hydrogen-bond donors (Lipinski definition) is 2. The summed E-state index contributed by atoms with van der Waals surface area (Å²) >= 11 is 2.31. The summed E-state index contributed by atoms with van der Waals surface area (Å²) in [6, 6.07) is 14.3. The molecule has 3 heterocycles. The smallest absolute Gasteiger partial charge is 0.227 e. The summed E-state index contributed by atoms with van der Waals surface area (Å²) in [5.74, 6) is 1.35. The van der Waals surface area contributed by atoms with Gasteiger partial charge >= 0.3 is 0 Å². The maximum Gasteiger partial charge on any atom is 0.227 e. The maximum atomic E-state index is 5.95. The molecule has 0 aliphatic heterocycles. The Balaban J connectivity index is 1.84. The largest absolute Gasteiger partial charge is 0.370 e. The Hall–Kier alpha value is -2.81. The molecule has 4 rings (SSSR count). The van der Waals surface area contributed by atoms with Crippen molar-refractivity contribution in [2.24, 2.45) is 0 Å². The minimum Gasteiger partial charge on any atom is -0.370 e. The molecule has 4 N–H and O–H groups in total. The number of nitrogens with one attached hydrogen (secondary N) is 2. The highest BCUT2D eigenvalue weighted by molar-refractivity contribution is 14.1. The van der Waals surface area contributed by atoms with E-state index in [2.05, 4.69) is 74.0 Å². The molecule has 0 amide bonds. The fourth-order valence-corrected chi connectivity index (χ4v) is 3.61. The zero-order chi connectivity index (χ0) is 19.7. The molecule has 4 aromatic rings. The number of H-pyrrole nitrogens is 1. The van der Waals surface area contributed by atoms with E-state index >= 15 is 0 Å². The van der Waals surface area contributed by atoms with Crippen LogP contribution in [0.2, 0.25) is 0 Å². The molecule has 0 aliphatic carbocycles. The molecule has 0 bridgehead atoms. The van der Waals surface area contributed by atoms with Crippen molar-refractivity contribution >= 4 is 45.1 Å². The minimum absolute atomic E-state index is 0.0232. The second-order valence-corrected chi connectivity index (χ2v) is 7.88. The topological polar surface area (TPSA) is 90.9 Å². The van der Waals surface area contributed by atoms with E-state index in [9.17, 15) is 0 Å². The van der Waals surface area contributed by atoms with Gasteiger partial charge < -0.3 is 5.73 Å². The first-order valence-electron chi connectivity index (χ1n) is 8.94. The molecule has 1 atom stereocenters. The van der Waals surface area contributed by atoms with Gasteiger partial charge in [-0.15, -0.1) is 0 Å². The van der Waals surface area contributed by atoms with Crippen LogP contribution in [-0.4, -0.2) is 15.0 Å². The van der Waals surface area contributed by atoms with Crippen molar-refractivity contribution in [3.05, 3.63) is 69.7 Å². The summed E-state index contributed by atoms with van der Waals surface area (Å²) in [6.45, 7) is 4.04. The standard InChI is InChI=1S/C21H19IN6/c1-12-20(23)25-11-26-21(12)27-13(2)16-9-14-6-7-15(22)10-18(14)28-19(16)17-5-3-4-8-24-17/h3-11,13H,1-2H3,(H3,23,25,26,27)/p+1. The molecule has 0 radical (unpaired) electrons. The molecule has 0 spiro atoms. The summed E-state index contributed by atoms with van der Waals surface area (Å²) < 4.78 is 1.15. The van der Waals surface area contributed by atoms with Gasteiger partial charge in [-0.25, -0.2) is 9.97 Å². The molecule has 0 fully saturated rings. The molecule has 6 nitrogen and oxygen atoms in total. The van der Waals surface area contributed by atoms with Gasteiger partial charge in [0.2, 0.25) is 18.0 Å². The number of pyridine rings is 2. The van der Waals surface area contributed by atoms with E-state index in [1.54, 1.807) is 12.5 Å². The van der Waals surface area contributed by atoms with Crippen LogP contribution in [0.15, 0.2) is 55.0 Å². The second kappa shape index (κ2) is 7.67. The lowest BCUT2D eigenvalue weighted by molar-refractivity contribution is -0.366. The zero-order valence-electron chi connectivity index (χ0n) is 15.6. The predicted molar refractivity (Wildman–Crippen MR) is 120 cm³/mol. The maximum absolute atomic E-state index is 5.95. The molecular formula is C21H20IN6+. The Morgan fingerprint density at radius 1 is 1.14 bits per heavy atom. The van der Waals surface area contributed by atoms with Gasteiger partial charge in [0.05, 0.1) is 28.5 Å². The SMILES string of the molecule is Cc1c(N)nc[nH+]c1NC(C)c1cc2ccc(I)cc2nc1-c1ccccn1. The lowest BCUT2D eigenvalue weighted by Gasteiger charge is -2.17. The van der Waals surface area contributed by atoms with E-state index < -0.39 is 0 Å². The first-order valence-corrected chi connectivity index (χ1v) is 10.0. The summed E-state index contributed by atoms with van der Waals surface area (Å²) in [7, 11) is 0. The molecule has 0 saturated heterocycles. The Kier molecular flexibility index (Phi) is 5.08. The number of fused-ring (bicyclic) bond motifs is 1. The van der Waals surface area contributed by atoms with E-state index in [0.717, 1.165) is 42.8 Å². The number of rotatable bonds is 4. The molecule has 140 valence electrons. The quantitative estimate of drug-likeness (QED) is 0.426. The first kappa shape index (κ1) is 18.5. The van der Waals surface area contributed by atoms with Crippen molar-refractivity contribution in [3.63, 3.8) is 0 Å². The van der Waals surface area contributed by atoms with E-state index in [0.29, 0.717) is 5.82 Å². The normalized spacial score (nSPS) is 12.1. The number of nitrogen functional groups attached to an aromatic ring is 1. The van der Waals surface area contributed by atoms with Gasteiger partial charge in [-0.3, -0.25) is 10.3 Å². The molecule has 3 aromatic heterocycles. The van der Waals surface area contributed by atoms with Gasteiger partial charge in [-0.2, -0.15) is 0 Å². The van der Waals surface area contributed by atoms with Crippen molar-refractivity contribution < 1.29 is 4.98 Å². The fourth-order valence-electron chi connectivity index (χ4n) is 3.14. The Morgan fingerprint density at radius 3 is 2.79 bits per heavy atom. The predicted octanol–water partition coefficient (Wildman–Crippen LogP) is 4.17. The van der Waals surface area contributed by atoms with Gasteiger partial charge in [0.1, 0.15) is 0 Å². The first-order chi connectivity index (χ1) is 13.5. The van der Waals surface area contributed by atoms with Crippen molar-refractivity contribution in [1.82, 2.24) is 15.0 Å². The average Bonchev–Trinajstić information content (AvgIpc) is 2.71. The van der Waals surface area contributed by atoms with Crippen molar-refractivity contribution in [2.75, 3.05) is 11.1 Å². The molecule has 28 heavy (non-hydrogen) atoms. The third-order valence-corrected chi connectivity index (χ3v) is 5.39. The summed E-state index contributed by atoms with van der Waals surface area (Å²) in [5.41, 5.74) is 10.6. The van der Waals surface area contributed by atoms with Crippen LogP contribution in [0.3, 0.4) is 0 Å². The molecule has 1 aromatic carbocycles. The number of aromatic amines is 1. The van der Waals surface area contributed by atoms with Crippen molar-refractivity contribution in [3.8, 4) is 11.4 Å². The van der Waals surface area contributed by atoms with Crippen LogP contribution in [-0.2, 0) is 0 Å². The Labute approximate surface area is 176 Å². The van der Waals surface area contributed by atoms with Crippen LogP contribution in [0, 0.1) is 10.5 Å². The van der Waals surface area contributed by atoms with Crippen LogP contribution >= 0.6 is 22.6 Å². The second-order valence-electron chi connectivity index (χ2n) is 6.63. The summed E-state index contributed by atoms with van der Waals surface area (Å²) in [5, 5.41) is 4.60. The average molecular weight is 483 g/mol. The van der Waals surface area contributed by atoms with E-state index in [1.807, 2.05) is 25.1 Å². The highest BCUT2D eigenvalue weighted by Crippen LogP contribution is 2.31. The van der Waals surface area contributed by atoms with Gasteiger partial charge in [-0.1, -0.05) is 17.1 Å². The third kappa shape index (κ3) is 3.62. The fraction of sp³-hybridized carbons (Fsp3) is 0.143. The van der Waals surface area contributed by atoms with E-state index in [4.69, 9.17) is 10.7 Å². The highest BCUT2D eigenvalue weighted by atomic mass is 127. The molecular weight excluding hydrogens is 463 g/mol. The summed E-state index contributed by atoms with van der Waals surface area (Å²) in [6.07, 6.45) is 3.39. The van der Waals surface area contributed by atoms with Gasteiger partial charge in [0.15, 0.2) is 0 Å². The van der Waals surface area contributed by atoms with Crippen LogP contribution in [0.1, 0.15) is 24.1 Å². The molecule has 7 heteroatoms. The Morgan fingerprint density at radius 2 is 2.00 bits per heavy atom. The van der Waals surface area contributed by atoms with Gasteiger partial charge in [0.25, 0.3) is 0 Å². The zero-order valence-corrected chi connectivity index (χ0v) is 17.7. The number of benzene rings is 1. The molecule has 0 saturated carbocycles. The van der Waals surface area contributed by atoms with E-state index in [1.165, 1.54) is 0 Å².